The normalized spacial score (nSPS) is 10.5. The highest BCUT2D eigenvalue weighted by molar-refractivity contribution is 7.99. The number of rotatable bonds is 5. The van der Waals surface area contributed by atoms with Crippen molar-refractivity contribution in [2.45, 2.75) is 12.1 Å². The molecule has 0 aliphatic heterocycles. The number of nitrogen functional groups attached to an aromatic ring is 1. The lowest BCUT2D eigenvalue weighted by atomic mass is 10.2. The van der Waals surface area contributed by atoms with Crippen LogP contribution in [0.2, 0.25) is 5.02 Å². The van der Waals surface area contributed by atoms with Crippen molar-refractivity contribution < 1.29 is 4.79 Å². The number of carbonyl (C=O) groups excluding carboxylic acids is 1. The molecule has 0 unspecified atom stereocenters. The third kappa shape index (κ3) is 3.23. The predicted molar refractivity (Wildman–Crippen MR) is 80.0 cm³/mol. The molecule has 6 nitrogen and oxygen atoms in total. The molecule has 2 rings (SSSR count). The summed E-state index contributed by atoms with van der Waals surface area (Å²) in [6, 6.07) is 7.24. The lowest BCUT2D eigenvalue weighted by Crippen LogP contribution is -2.24. The molecule has 0 saturated heterocycles. The van der Waals surface area contributed by atoms with E-state index in [0.29, 0.717) is 28.1 Å². The van der Waals surface area contributed by atoms with Crippen molar-refractivity contribution in [2.24, 2.45) is 0 Å². The highest BCUT2D eigenvalue weighted by Gasteiger charge is 2.15. The van der Waals surface area contributed by atoms with Crippen molar-refractivity contribution in [1.29, 1.82) is 0 Å². The van der Waals surface area contributed by atoms with Gasteiger partial charge in [0.15, 0.2) is 5.82 Å². The average molecular weight is 312 g/mol. The van der Waals surface area contributed by atoms with Gasteiger partial charge in [0, 0.05) is 12.1 Å². The molecule has 106 valence electrons. The van der Waals surface area contributed by atoms with E-state index in [1.807, 2.05) is 25.1 Å². The Labute approximate surface area is 125 Å². The first-order valence-electron chi connectivity index (χ1n) is 5.98. The Morgan fingerprint density at radius 1 is 1.45 bits per heavy atom. The first kappa shape index (κ1) is 14.7. The van der Waals surface area contributed by atoms with Crippen LogP contribution in [0.25, 0.3) is 11.4 Å². The topological polar surface area (TPSA) is 85.8 Å². The van der Waals surface area contributed by atoms with Gasteiger partial charge in [-0.05, 0) is 19.1 Å². The molecular formula is C12H14ClN5OS. The summed E-state index contributed by atoms with van der Waals surface area (Å²) in [5, 5.41) is 11.7. The van der Waals surface area contributed by atoms with Gasteiger partial charge in [-0.2, -0.15) is 0 Å². The van der Waals surface area contributed by atoms with Crippen LogP contribution in [0.15, 0.2) is 29.4 Å². The van der Waals surface area contributed by atoms with Crippen LogP contribution < -0.4 is 11.2 Å². The number of nitrogens with two attached hydrogens (primary N) is 1. The smallest absolute Gasteiger partial charge is 0.230 e. The molecule has 3 N–H and O–H groups in total. The van der Waals surface area contributed by atoms with Crippen molar-refractivity contribution in [3.63, 3.8) is 0 Å². The number of amides is 1. The van der Waals surface area contributed by atoms with Crippen LogP contribution in [0.5, 0.6) is 0 Å². The minimum absolute atomic E-state index is 0.0696. The van der Waals surface area contributed by atoms with Crippen molar-refractivity contribution in [3.05, 3.63) is 29.3 Å². The largest absolute Gasteiger partial charge is 0.356 e. The van der Waals surface area contributed by atoms with Gasteiger partial charge in [-0.25, -0.2) is 4.68 Å². The van der Waals surface area contributed by atoms with E-state index >= 15 is 0 Å². The van der Waals surface area contributed by atoms with Gasteiger partial charge in [0.25, 0.3) is 0 Å². The number of benzene rings is 1. The van der Waals surface area contributed by atoms with Crippen LogP contribution in [0.3, 0.4) is 0 Å². The van der Waals surface area contributed by atoms with E-state index in [1.165, 1.54) is 16.4 Å². The van der Waals surface area contributed by atoms with E-state index in [1.54, 1.807) is 6.07 Å². The first-order valence-corrected chi connectivity index (χ1v) is 7.34. The Morgan fingerprint density at radius 2 is 2.20 bits per heavy atom. The summed E-state index contributed by atoms with van der Waals surface area (Å²) in [4.78, 5) is 11.4. The molecule has 2 aromatic rings. The van der Waals surface area contributed by atoms with Crippen LogP contribution in [0.4, 0.5) is 0 Å². The minimum atomic E-state index is -0.0696. The third-order valence-electron chi connectivity index (χ3n) is 2.49. The monoisotopic (exact) mass is 311 g/mol. The fraction of sp³-hybridized carbons (Fsp3) is 0.250. The molecule has 0 saturated carbocycles. The minimum Gasteiger partial charge on any atom is -0.356 e. The summed E-state index contributed by atoms with van der Waals surface area (Å²) >= 11 is 7.33. The highest BCUT2D eigenvalue weighted by Crippen LogP contribution is 2.27. The second kappa shape index (κ2) is 6.62. The van der Waals surface area contributed by atoms with Gasteiger partial charge < -0.3 is 11.2 Å². The van der Waals surface area contributed by atoms with E-state index in [4.69, 9.17) is 17.4 Å². The Hall–Kier alpha value is -1.73. The lowest BCUT2D eigenvalue weighted by molar-refractivity contribution is -0.118. The molecule has 1 aromatic carbocycles. The van der Waals surface area contributed by atoms with Gasteiger partial charge in [0.05, 0.1) is 10.8 Å². The molecule has 1 aromatic heterocycles. The summed E-state index contributed by atoms with van der Waals surface area (Å²) in [6.45, 7) is 2.46. The van der Waals surface area contributed by atoms with Gasteiger partial charge in [-0.3, -0.25) is 4.79 Å². The number of nitrogens with zero attached hydrogens (tertiary/aromatic N) is 3. The number of halogens is 1. The Morgan fingerprint density at radius 3 is 2.90 bits per heavy atom. The van der Waals surface area contributed by atoms with Crippen LogP contribution in [0.1, 0.15) is 6.92 Å². The number of carbonyl (C=O) groups is 1. The summed E-state index contributed by atoms with van der Waals surface area (Å²) in [5.74, 6) is 6.58. The van der Waals surface area contributed by atoms with Crippen LogP contribution in [-0.2, 0) is 4.79 Å². The van der Waals surface area contributed by atoms with Gasteiger partial charge in [0.2, 0.25) is 11.1 Å². The lowest BCUT2D eigenvalue weighted by Gasteiger charge is -2.05. The SMILES string of the molecule is CCNC(=O)CSc1nnc(-c2ccccc2Cl)n1N. The standard InChI is InChI=1S/C12H14ClN5OS/c1-2-15-10(19)7-20-12-17-16-11(18(12)14)8-5-3-4-6-9(8)13/h3-6H,2,7,14H2,1H3,(H,15,19). The van der Waals surface area contributed by atoms with E-state index in [-0.39, 0.29) is 11.7 Å². The van der Waals surface area contributed by atoms with Crippen molar-refractivity contribution in [1.82, 2.24) is 20.2 Å². The van der Waals surface area contributed by atoms with E-state index in [2.05, 4.69) is 15.5 Å². The number of thioether (sulfide) groups is 1. The molecule has 0 fully saturated rings. The van der Waals surface area contributed by atoms with Gasteiger partial charge >= 0.3 is 0 Å². The number of nitrogens with one attached hydrogen (secondary N) is 1. The Bertz CT molecular complexity index is 616. The zero-order valence-corrected chi connectivity index (χ0v) is 12.4. The summed E-state index contributed by atoms with van der Waals surface area (Å²) in [5.41, 5.74) is 0.703. The van der Waals surface area contributed by atoms with Gasteiger partial charge in [0.1, 0.15) is 0 Å². The van der Waals surface area contributed by atoms with Crippen molar-refractivity contribution in [3.8, 4) is 11.4 Å². The molecule has 0 aliphatic rings. The second-order valence-electron chi connectivity index (χ2n) is 3.90. The maximum atomic E-state index is 11.4. The van der Waals surface area contributed by atoms with Crippen molar-refractivity contribution >= 4 is 29.3 Å². The molecule has 0 radical (unpaired) electrons. The van der Waals surface area contributed by atoms with Gasteiger partial charge in [-0.1, -0.05) is 35.5 Å². The van der Waals surface area contributed by atoms with Crippen LogP contribution in [-0.4, -0.2) is 33.1 Å². The maximum absolute atomic E-state index is 11.4. The molecule has 0 aliphatic carbocycles. The summed E-state index contributed by atoms with van der Waals surface area (Å²) in [7, 11) is 0. The van der Waals surface area contributed by atoms with Crippen LogP contribution in [0, 0.1) is 0 Å². The number of hydrogen-bond donors (Lipinski definition) is 2. The maximum Gasteiger partial charge on any atom is 0.230 e. The molecule has 0 bridgehead atoms. The highest BCUT2D eigenvalue weighted by atomic mass is 35.5. The predicted octanol–water partition coefficient (Wildman–Crippen LogP) is 1.54. The van der Waals surface area contributed by atoms with Gasteiger partial charge in [-0.15, -0.1) is 10.2 Å². The fourth-order valence-corrected chi connectivity index (χ4v) is 2.49. The average Bonchev–Trinajstić information content (AvgIpc) is 2.79. The molecule has 1 heterocycles. The van der Waals surface area contributed by atoms with E-state index in [9.17, 15) is 4.79 Å². The quantitative estimate of drug-likeness (QED) is 0.646. The zero-order chi connectivity index (χ0) is 14.5. The Kier molecular flexibility index (Phi) is 4.86. The van der Waals surface area contributed by atoms with E-state index < -0.39 is 0 Å². The van der Waals surface area contributed by atoms with Crippen molar-refractivity contribution in [2.75, 3.05) is 18.1 Å². The van der Waals surface area contributed by atoms with E-state index in [0.717, 1.165) is 0 Å². The molecule has 20 heavy (non-hydrogen) atoms. The zero-order valence-electron chi connectivity index (χ0n) is 10.8. The molecule has 0 atom stereocenters. The molecule has 1 amide bonds. The first-order chi connectivity index (χ1) is 9.63. The van der Waals surface area contributed by atoms with Crippen LogP contribution >= 0.6 is 23.4 Å². The Balaban J connectivity index is 2.15. The third-order valence-corrected chi connectivity index (χ3v) is 3.76. The summed E-state index contributed by atoms with van der Waals surface area (Å²) in [6.07, 6.45) is 0. The molecule has 8 heteroatoms. The fourth-order valence-electron chi connectivity index (χ4n) is 1.58. The second-order valence-corrected chi connectivity index (χ2v) is 5.25. The summed E-state index contributed by atoms with van der Waals surface area (Å²) < 4.78 is 1.34. The number of aromatic nitrogens is 3. The molecular weight excluding hydrogens is 298 g/mol. The number of hydrogen-bond acceptors (Lipinski definition) is 5. The molecule has 0 spiro atoms.